The van der Waals surface area contributed by atoms with E-state index < -0.39 is 27.7 Å². The van der Waals surface area contributed by atoms with E-state index in [4.69, 9.17) is 17.3 Å². The number of rotatable bonds is 4. The molecule has 1 heterocycles. The van der Waals surface area contributed by atoms with Crippen molar-refractivity contribution >= 4 is 50.7 Å². The number of sulfonamides is 1. The van der Waals surface area contributed by atoms with Crippen LogP contribution in [0, 0.1) is 0 Å². The number of carbonyl (C=O) groups excluding carboxylic acids is 3. The number of nitrogens with one attached hydrogen (secondary N) is 1. The maximum atomic E-state index is 12.6. The Balaban J connectivity index is 1.97. The number of nitrogens with two attached hydrogens (primary N) is 1. The van der Waals surface area contributed by atoms with E-state index in [9.17, 15) is 22.8 Å². The van der Waals surface area contributed by atoms with Crippen molar-refractivity contribution in [2.75, 3.05) is 15.4 Å². The highest BCUT2D eigenvalue weighted by Crippen LogP contribution is 2.29. The summed E-state index contributed by atoms with van der Waals surface area (Å²) in [5.41, 5.74) is 5.54. The largest absolute Gasteiger partial charge is 0.366 e. The lowest BCUT2D eigenvalue weighted by Gasteiger charge is -2.17. The Morgan fingerprint density at radius 1 is 1.11 bits per heavy atom. The number of para-hydroxylation sites is 1. The topological polar surface area (TPSA) is 127 Å². The van der Waals surface area contributed by atoms with Crippen molar-refractivity contribution in [3.8, 4) is 0 Å². The van der Waals surface area contributed by atoms with Crippen LogP contribution in [0.1, 0.15) is 27.1 Å². The Morgan fingerprint density at radius 2 is 1.81 bits per heavy atom. The number of benzene rings is 2. The number of anilines is 2. The normalized spacial score (nSPS) is 15.6. The first-order valence-electron chi connectivity index (χ1n) is 7.76. The number of nitrogens with zero attached hydrogens (tertiary/aromatic N) is 1. The van der Waals surface area contributed by atoms with E-state index in [1.807, 2.05) is 0 Å². The highest BCUT2D eigenvalue weighted by atomic mass is 35.5. The predicted molar refractivity (Wildman–Crippen MR) is 100 cm³/mol. The molecule has 3 rings (SSSR count). The summed E-state index contributed by atoms with van der Waals surface area (Å²) in [7, 11) is -3.77. The van der Waals surface area contributed by atoms with Gasteiger partial charge >= 0.3 is 0 Å². The standard InChI is InChI=1S/C17H14ClN3O5S/c18-13-6-5-10(21-15(22)7-8-27(21,25)26)9-12(13)17(24)20-14-4-2-1-3-11(14)16(19)23/h1-6,9H,7-8H2,(H2,19,23)(H,20,24). The zero-order valence-electron chi connectivity index (χ0n) is 13.8. The van der Waals surface area contributed by atoms with E-state index in [1.54, 1.807) is 12.1 Å². The SMILES string of the molecule is NC(=O)c1ccccc1NC(=O)c1cc(N2C(=O)CCS2(=O)=O)ccc1Cl. The third-order valence-electron chi connectivity index (χ3n) is 3.95. The second-order valence-electron chi connectivity index (χ2n) is 5.75. The molecule has 0 spiro atoms. The monoisotopic (exact) mass is 407 g/mol. The van der Waals surface area contributed by atoms with Crippen molar-refractivity contribution in [3.63, 3.8) is 0 Å². The van der Waals surface area contributed by atoms with Crippen molar-refractivity contribution in [3.05, 3.63) is 58.6 Å². The summed E-state index contributed by atoms with van der Waals surface area (Å²) in [6, 6.07) is 10.0. The summed E-state index contributed by atoms with van der Waals surface area (Å²) < 4.78 is 24.8. The third-order valence-corrected chi connectivity index (χ3v) is 5.97. The van der Waals surface area contributed by atoms with Crippen LogP contribution in [0.25, 0.3) is 0 Å². The van der Waals surface area contributed by atoms with Crippen molar-refractivity contribution in [2.24, 2.45) is 5.73 Å². The van der Waals surface area contributed by atoms with Crippen LogP contribution in [0.5, 0.6) is 0 Å². The molecule has 0 aromatic heterocycles. The Labute approximate surface area is 160 Å². The van der Waals surface area contributed by atoms with Gasteiger partial charge in [0.25, 0.3) is 11.8 Å². The van der Waals surface area contributed by atoms with Gasteiger partial charge in [0.2, 0.25) is 15.9 Å². The smallest absolute Gasteiger partial charge is 0.257 e. The lowest BCUT2D eigenvalue weighted by molar-refractivity contribution is -0.116. The molecule has 1 aliphatic rings. The molecule has 0 aliphatic carbocycles. The van der Waals surface area contributed by atoms with Crippen LogP contribution in [0.2, 0.25) is 5.02 Å². The average molecular weight is 408 g/mol. The van der Waals surface area contributed by atoms with Crippen molar-refractivity contribution in [1.82, 2.24) is 0 Å². The molecule has 0 radical (unpaired) electrons. The highest BCUT2D eigenvalue weighted by Gasteiger charge is 2.36. The van der Waals surface area contributed by atoms with Gasteiger partial charge in [0.1, 0.15) is 0 Å². The molecule has 3 N–H and O–H groups in total. The second-order valence-corrected chi connectivity index (χ2v) is 8.10. The van der Waals surface area contributed by atoms with Crippen molar-refractivity contribution in [1.29, 1.82) is 0 Å². The Hall–Kier alpha value is -2.91. The molecule has 0 saturated carbocycles. The summed E-state index contributed by atoms with van der Waals surface area (Å²) in [4.78, 5) is 36.0. The molecule has 1 fully saturated rings. The number of amides is 3. The molecule has 140 valence electrons. The summed E-state index contributed by atoms with van der Waals surface area (Å²) in [6.45, 7) is 0. The maximum absolute atomic E-state index is 12.6. The summed E-state index contributed by atoms with van der Waals surface area (Å²) in [6.07, 6.45) is -0.127. The lowest BCUT2D eigenvalue weighted by atomic mass is 10.1. The van der Waals surface area contributed by atoms with Gasteiger partial charge in [-0.3, -0.25) is 14.4 Å². The van der Waals surface area contributed by atoms with Gasteiger partial charge in [0.15, 0.2) is 0 Å². The van der Waals surface area contributed by atoms with E-state index in [1.165, 1.54) is 30.3 Å². The van der Waals surface area contributed by atoms with Crippen molar-refractivity contribution < 1.29 is 22.8 Å². The molecule has 2 aromatic carbocycles. The minimum atomic E-state index is -3.77. The van der Waals surface area contributed by atoms with E-state index in [-0.39, 0.29) is 39.7 Å². The van der Waals surface area contributed by atoms with Gasteiger partial charge in [-0.05, 0) is 30.3 Å². The fourth-order valence-electron chi connectivity index (χ4n) is 2.68. The third kappa shape index (κ3) is 3.64. The van der Waals surface area contributed by atoms with Crippen LogP contribution in [-0.2, 0) is 14.8 Å². The molecule has 8 nitrogen and oxygen atoms in total. The Morgan fingerprint density at radius 3 is 2.44 bits per heavy atom. The fraction of sp³-hybridized carbons (Fsp3) is 0.118. The Bertz CT molecular complexity index is 1070. The zero-order valence-corrected chi connectivity index (χ0v) is 15.4. The lowest BCUT2D eigenvalue weighted by Crippen LogP contribution is -2.29. The van der Waals surface area contributed by atoms with Crippen LogP contribution >= 0.6 is 11.6 Å². The van der Waals surface area contributed by atoms with Crippen LogP contribution < -0.4 is 15.4 Å². The van der Waals surface area contributed by atoms with Gasteiger partial charge in [-0.25, -0.2) is 12.7 Å². The highest BCUT2D eigenvalue weighted by molar-refractivity contribution is 7.94. The second kappa shape index (κ2) is 7.01. The van der Waals surface area contributed by atoms with E-state index in [2.05, 4.69) is 5.32 Å². The first-order valence-corrected chi connectivity index (χ1v) is 9.75. The molecule has 2 aromatic rings. The molecule has 27 heavy (non-hydrogen) atoms. The van der Waals surface area contributed by atoms with Gasteiger partial charge in [0.05, 0.1) is 33.3 Å². The molecule has 3 amide bonds. The molecule has 0 atom stereocenters. The van der Waals surface area contributed by atoms with Gasteiger partial charge in [0, 0.05) is 6.42 Å². The quantitative estimate of drug-likeness (QED) is 0.798. The summed E-state index contributed by atoms with van der Waals surface area (Å²) in [5.74, 6) is -2.27. The predicted octanol–water partition coefficient (Wildman–Crippen LogP) is 1.76. The van der Waals surface area contributed by atoms with Gasteiger partial charge in [-0.1, -0.05) is 23.7 Å². The van der Waals surface area contributed by atoms with E-state index in [0.717, 1.165) is 0 Å². The molecular formula is C17H14ClN3O5S. The molecule has 1 saturated heterocycles. The number of primary amides is 1. The number of carbonyl (C=O) groups is 3. The number of halogens is 1. The van der Waals surface area contributed by atoms with E-state index in [0.29, 0.717) is 4.31 Å². The van der Waals surface area contributed by atoms with E-state index >= 15 is 0 Å². The molecule has 0 bridgehead atoms. The first-order chi connectivity index (χ1) is 12.7. The first kappa shape index (κ1) is 18.9. The number of hydrogen-bond acceptors (Lipinski definition) is 5. The molecule has 0 unspecified atom stereocenters. The van der Waals surface area contributed by atoms with Crippen LogP contribution in [0.15, 0.2) is 42.5 Å². The van der Waals surface area contributed by atoms with Crippen LogP contribution in [-0.4, -0.2) is 31.9 Å². The van der Waals surface area contributed by atoms with Crippen LogP contribution in [0.3, 0.4) is 0 Å². The number of hydrogen-bond donors (Lipinski definition) is 2. The maximum Gasteiger partial charge on any atom is 0.257 e. The summed E-state index contributed by atoms with van der Waals surface area (Å²) >= 11 is 6.07. The molecular weight excluding hydrogens is 394 g/mol. The van der Waals surface area contributed by atoms with Gasteiger partial charge < -0.3 is 11.1 Å². The summed E-state index contributed by atoms with van der Waals surface area (Å²) in [5, 5.41) is 2.57. The Kier molecular flexibility index (Phi) is 4.90. The minimum absolute atomic E-state index is 0.0234. The van der Waals surface area contributed by atoms with Crippen LogP contribution in [0.4, 0.5) is 11.4 Å². The fourth-order valence-corrected chi connectivity index (χ4v) is 4.33. The van der Waals surface area contributed by atoms with Crippen molar-refractivity contribution in [2.45, 2.75) is 6.42 Å². The zero-order chi connectivity index (χ0) is 19.8. The average Bonchev–Trinajstić information content (AvgIpc) is 2.88. The molecule has 10 heteroatoms. The minimum Gasteiger partial charge on any atom is -0.366 e. The van der Waals surface area contributed by atoms with Gasteiger partial charge in [-0.15, -0.1) is 0 Å². The molecule has 1 aliphatic heterocycles. The van der Waals surface area contributed by atoms with Gasteiger partial charge in [-0.2, -0.15) is 0 Å².